The smallest absolute Gasteiger partial charge is 0.298 e. The SMILES string of the molecule is CC#N.CC(C)N(CCc1ccccc1)C(C)CCc1c(C2(C(F)(F)F)CCC2)cccc1C1(C(F)(F)F)CCC1. The predicted molar refractivity (Wildman–Crippen MR) is 151 cm³/mol. The molecule has 0 aromatic heterocycles. The molecule has 226 valence electrons. The van der Waals surface area contributed by atoms with Gasteiger partial charge in [0.1, 0.15) is 0 Å². The molecule has 41 heavy (non-hydrogen) atoms. The highest BCUT2D eigenvalue weighted by Crippen LogP contribution is 2.59. The number of alkyl halides is 6. The van der Waals surface area contributed by atoms with E-state index < -0.39 is 23.2 Å². The molecule has 2 aromatic carbocycles. The molecule has 0 N–H and O–H groups in total. The molecule has 0 saturated heterocycles. The highest BCUT2D eigenvalue weighted by atomic mass is 19.4. The minimum Gasteiger partial charge on any atom is -0.298 e. The molecule has 0 bridgehead atoms. The van der Waals surface area contributed by atoms with E-state index in [1.807, 2.05) is 25.1 Å². The Bertz CT molecular complexity index is 1100. The lowest BCUT2D eigenvalue weighted by molar-refractivity contribution is -0.215. The van der Waals surface area contributed by atoms with Gasteiger partial charge < -0.3 is 0 Å². The zero-order chi connectivity index (χ0) is 30.5. The quantitative estimate of drug-likeness (QED) is 0.262. The maximum absolute atomic E-state index is 14.4. The lowest BCUT2D eigenvalue weighted by Crippen LogP contribution is -2.51. The Labute approximate surface area is 240 Å². The minimum absolute atomic E-state index is 0.00562. The van der Waals surface area contributed by atoms with Crippen LogP contribution >= 0.6 is 0 Å². The zero-order valence-corrected chi connectivity index (χ0v) is 24.5. The number of benzene rings is 2. The molecule has 2 aliphatic carbocycles. The Morgan fingerprint density at radius 1 is 0.780 bits per heavy atom. The van der Waals surface area contributed by atoms with Gasteiger partial charge in [-0.3, -0.25) is 4.90 Å². The van der Waals surface area contributed by atoms with Crippen LogP contribution in [-0.2, 0) is 23.7 Å². The van der Waals surface area contributed by atoms with E-state index in [1.165, 1.54) is 30.7 Å². The van der Waals surface area contributed by atoms with Crippen LogP contribution in [0.5, 0.6) is 0 Å². The fourth-order valence-electron chi connectivity index (χ4n) is 6.63. The maximum atomic E-state index is 14.4. The Kier molecular flexibility index (Phi) is 10.6. The van der Waals surface area contributed by atoms with Crippen molar-refractivity contribution in [3.63, 3.8) is 0 Å². The normalized spacial score (nSPS) is 18.5. The molecule has 2 aromatic rings. The number of rotatable bonds is 10. The molecule has 0 spiro atoms. The van der Waals surface area contributed by atoms with Gasteiger partial charge in [-0.1, -0.05) is 61.4 Å². The second kappa shape index (κ2) is 13.2. The lowest BCUT2D eigenvalue weighted by atomic mass is 9.58. The van der Waals surface area contributed by atoms with Crippen LogP contribution < -0.4 is 0 Å². The maximum Gasteiger partial charge on any atom is 0.398 e. The molecule has 2 nitrogen and oxygen atoms in total. The van der Waals surface area contributed by atoms with Gasteiger partial charge in [0.25, 0.3) is 0 Å². The number of hydrogen-bond acceptors (Lipinski definition) is 2. The average molecular weight is 581 g/mol. The molecular weight excluding hydrogens is 538 g/mol. The van der Waals surface area contributed by atoms with Crippen LogP contribution in [-0.4, -0.2) is 35.9 Å². The predicted octanol–water partition coefficient (Wildman–Crippen LogP) is 9.46. The fraction of sp³-hybridized carbons (Fsp3) is 0.606. The van der Waals surface area contributed by atoms with Gasteiger partial charge in [-0.15, -0.1) is 0 Å². The van der Waals surface area contributed by atoms with Crippen LogP contribution in [0.3, 0.4) is 0 Å². The lowest BCUT2D eigenvalue weighted by Gasteiger charge is -2.48. The van der Waals surface area contributed by atoms with Crippen molar-refractivity contribution in [3.8, 4) is 6.07 Å². The summed E-state index contributed by atoms with van der Waals surface area (Å²) in [5.41, 5.74) is -2.42. The summed E-state index contributed by atoms with van der Waals surface area (Å²) in [4.78, 5) is 2.31. The first-order valence-electron chi connectivity index (χ1n) is 14.6. The summed E-state index contributed by atoms with van der Waals surface area (Å²) in [7, 11) is 0. The van der Waals surface area contributed by atoms with E-state index in [2.05, 4.69) is 30.9 Å². The number of hydrogen-bond donors (Lipinski definition) is 0. The number of nitrogens with zero attached hydrogens (tertiary/aromatic N) is 2. The first-order valence-corrected chi connectivity index (χ1v) is 14.6. The zero-order valence-electron chi connectivity index (χ0n) is 24.5. The standard InChI is InChI=1S/C31H39F6N.C2H3N/c1-22(2)38(21-16-24-10-5-4-6-11-24)23(3)14-15-25-26(28(17-8-18-28)30(32,33)34)12-7-13-27(25)29(19-9-20-29)31(35,36)37;1-2-3/h4-7,10-13,22-23H,8-9,14-21H2,1-3H3;1H3. The fourth-order valence-corrected chi connectivity index (χ4v) is 6.63. The largest absolute Gasteiger partial charge is 0.398 e. The molecule has 2 saturated carbocycles. The second-order valence-corrected chi connectivity index (χ2v) is 11.9. The molecule has 8 heteroatoms. The molecular formula is C33H42F6N2. The van der Waals surface area contributed by atoms with E-state index >= 15 is 0 Å². The molecule has 0 aliphatic heterocycles. The van der Waals surface area contributed by atoms with Gasteiger partial charge in [0, 0.05) is 25.6 Å². The van der Waals surface area contributed by atoms with Crippen molar-refractivity contribution in [2.45, 2.75) is 121 Å². The molecule has 2 fully saturated rings. The van der Waals surface area contributed by atoms with Crippen LogP contribution in [0, 0.1) is 11.3 Å². The Morgan fingerprint density at radius 3 is 1.61 bits per heavy atom. The Morgan fingerprint density at radius 2 is 1.24 bits per heavy atom. The first-order chi connectivity index (χ1) is 19.2. The van der Waals surface area contributed by atoms with Gasteiger partial charge in [0.2, 0.25) is 0 Å². The summed E-state index contributed by atoms with van der Waals surface area (Å²) in [6.45, 7) is 8.41. The molecule has 1 unspecified atom stereocenters. The van der Waals surface area contributed by atoms with Gasteiger partial charge in [0.05, 0.1) is 16.9 Å². The Balaban J connectivity index is 0.00000147. The second-order valence-electron chi connectivity index (χ2n) is 11.9. The van der Waals surface area contributed by atoms with Gasteiger partial charge in [0.15, 0.2) is 0 Å². The van der Waals surface area contributed by atoms with Gasteiger partial charge in [-0.05, 0) is 88.0 Å². The summed E-state index contributed by atoms with van der Waals surface area (Å²) in [6, 6.07) is 16.4. The van der Waals surface area contributed by atoms with E-state index in [-0.39, 0.29) is 55.3 Å². The third-order valence-corrected chi connectivity index (χ3v) is 9.25. The molecule has 0 radical (unpaired) electrons. The van der Waals surface area contributed by atoms with Crippen LogP contribution in [0.25, 0.3) is 0 Å². The summed E-state index contributed by atoms with van der Waals surface area (Å²) >= 11 is 0. The van der Waals surface area contributed by atoms with Crippen molar-refractivity contribution in [1.82, 2.24) is 4.90 Å². The van der Waals surface area contributed by atoms with E-state index in [9.17, 15) is 26.3 Å². The summed E-state index contributed by atoms with van der Waals surface area (Å²) in [5.74, 6) is 0. The Hall–Kier alpha value is -2.53. The van der Waals surface area contributed by atoms with Gasteiger partial charge in [-0.25, -0.2) is 0 Å². The molecule has 4 rings (SSSR count). The van der Waals surface area contributed by atoms with Gasteiger partial charge in [-0.2, -0.15) is 31.6 Å². The number of halogens is 6. The van der Waals surface area contributed by atoms with E-state index in [1.54, 1.807) is 6.07 Å². The average Bonchev–Trinajstić information content (AvgIpc) is 2.81. The van der Waals surface area contributed by atoms with Crippen molar-refractivity contribution in [2.75, 3.05) is 6.54 Å². The van der Waals surface area contributed by atoms with Crippen LogP contribution in [0.15, 0.2) is 48.5 Å². The highest BCUT2D eigenvalue weighted by Gasteiger charge is 2.63. The van der Waals surface area contributed by atoms with Crippen molar-refractivity contribution >= 4 is 0 Å². The van der Waals surface area contributed by atoms with Gasteiger partial charge >= 0.3 is 12.4 Å². The van der Waals surface area contributed by atoms with E-state index in [0.717, 1.165) is 13.0 Å². The minimum atomic E-state index is -4.49. The molecule has 0 amide bonds. The number of nitriles is 1. The van der Waals surface area contributed by atoms with Crippen molar-refractivity contribution < 1.29 is 26.3 Å². The summed E-state index contributed by atoms with van der Waals surface area (Å²) in [6.07, 6.45) is -6.81. The van der Waals surface area contributed by atoms with E-state index in [4.69, 9.17) is 5.26 Å². The van der Waals surface area contributed by atoms with Crippen LogP contribution in [0.1, 0.15) is 94.9 Å². The van der Waals surface area contributed by atoms with Crippen LogP contribution in [0.4, 0.5) is 26.3 Å². The van der Waals surface area contributed by atoms with E-state index in [0.29, 0.717) is 24.8 Å². The van der Waals surface area contributed by atoms with Crippen molar-refractivity contribution in [1.29, 1.82) is 5.26 Å². The monoisotopic (exact) mass is 580 g/mol. The van der Waals surface area contributed by atoms with Crippen LogP contribution in [0.2, 0.25) is 0 Å². The molecule has 2 aliphatic rings. The molecule has 0 heterocycles. The summed E-state index contributed by atoms with van der Waals surface area (Å²) in [5, 5.41) is 7.32. The molecule has 1 atom stereocenters. The third-order valence-electron chi connectivity index (χ3n) is 9.25. The topological polar surface area (TPSA) is 27.0 Å². The third kappa shape index (κ3) is 6.77. The van der Waals surface area contributed by atoms with Crippen molar-refractivity contribution in [3.05, 3.63) is 70.8 Å². The van der Waals surface area contributed by atoms with Crippen molar-refractivity contribution in [2.24, 2.45) is 0 Å². The summed E-state index contributed by atoms with van der Waals surface area (Å²) < 4.78 is 86.7. The first kappa shape index (κ1) is 33.0. The highest BCUT2D eigenvalue weighted by molar-refractivity contribution is 5.48.